The van der Waals surface area contributed by atoms with Crippen molar-refractivity contribution in [3.05, 3.63) is 57.8 Å². The molecule has 1 aromatic carbocycles. The Morgan fingerprint density at radius 1 is 1.21 bits per heavy atom. The van der Waals surface area contributed by atoms with Crippen molar-refractivity contribution in [2.45, 2.75) is 57.7 Å². The van der Waals surface area contributed by atoms with Crippen molar-refractivity contribution >= 4 is 17.2 Å². The minimum atomic E-state index is -0.0981. The lowest BCUT2D eigenvalue weighted by molar-refractivity contribution is -0.704. The van der Waals surface area contributed by atoms with Crippen molar-refractivity contribution in [1.29, 1.82) is 0 Å². The van der Waals surface area contributed by atoms with E-state index >= 15 is 0 Å². The van der Waals surface area contributed by atoms with Crippen molar-refractivity contribution in [3.8, 4) is 0 Å². The van der Waals surface area contributed by atoms with Gasteiger partial charge in [0, 0.05) is 11.6 Å². The maximum absolute atomic E-state index is 12.6. The first-order chi connectivity index (χ1) is 11.6. The van der Waals surface area contributed by atoms with Crippen LogP contribution in [-0.4, -0.2) is 18.0 Å². The molecule has 0 aliphatic heterocycles. The molecule has 2 atom stereocenters. The van der Waals surface area contributed by atoms with E-state index in [1.807, 2.05) is 6.92 Å². The summed E-state index contributed by atoms with van der Waals surface area (Å²) in [6.07, 6.45) is 4.74. The predicted octanol–water partition coefficient (Wildman–Crippen LogP) is 3.16. The lowest BCUT2D eigenvalue weighted by Gasteiger charge is -2.21. The summed E-state index contributed by atoms with van der Waals surface area (Å²) < 4.78 is 0. The van der Waals surface area contributed by atoms with E-state index in [0.29, 0.717) is 6.04 Å². The fourth-order valence-electron chi connectivity index (χ4n) is 3.39. The summed E-state index contributed by atoms with van der Waals surface area (Å²) in [7, 11) is 0. The fraction of sp³-hybridized carbons (Fsp3) is 0.450. The summed E-state index contributed by atoms with van der Waals surface area (Å²) in [4.78, 5) is 13.8. The first-order valence-corrected chi connectivity index (χ1v) is 9.77. The zero-order valence-corrected chi connectivity index (χ0v) is 15.3. The van der Waals surface area contributed by atoms with Gasteiger partial charge in [-0.15, -0.1) is 11.3 Å². The molecule has 1 heterocycles. The molecule has 0 radical (unpaired) electrons. The molecule has 2 aromatic rings. The van der Waals surface area contributed by atoms with Gasteiger partial charge in [0.15, 0.2) is 6.04 Å². The maximum Gasteiger partial charge on any atom is 0.278 e. The van der Waals surface area contributed by atoms with E-state index in [1.165, 1.54) is 28.8 Å². The molecular weight excluding hydrogens is 316 g/mol. The molecular formula is C20H27N2OS+. The number of hydrogen-bond acceptors (Lipinski definition) is 2. The molecule has 1 aromatic heterocycles. The average molecular weight is 344 g/mol. The highest BCUT2D eigenvalue weighted by Crippen LogP contribution is 2.23. The molecule has 0 unspecified atom stereocenters. The molecule has 1 aliphatic rings. The number of carbonyl (C=O) groups excluding carboxylic acids is 1. The van der Waals surface area contributed by atoms with E-state index < -0.39 is 0 Å². The van der Waals surface area contributed by atoms with E-state index in [4.69, 9.17) is 0 Å². The van der Waals surface area contributed by atoms with Crippen LogP contribution in [0.1, 0.15) is 54.7 Å². The summed E-state index contributed by atoms with van der Waals surface area (Å²) in [5.74, 6) is 0.163. The Labute approximate surface area is 148 Å². The molecule has 4 heteroatoms. The van der Waals surface area contributed by atoms with Crippen LogP contribution in [-0.2, 0) is 4.79 Å². The van der Waals surface area contributed by atoms with Crippen molar-refractivity contribution in [2.24, 2.45) is 0 Å². The van der Waals surface area contributed by atoms with Crippen LogP contribution in [0.5, 0.6) is 0 Å². The molecule has 3 N–H and O–H groups in total. The lowest BCUT2D eigenvalue weighted by atomic mass is 10.0. The summed E-state index contributed by atoms with van der Waals surface area (Å²) in [6, 6.07) is 13.4. The van der Waals surface area contributed by atoms with Gasteiger partial charge in [0.05, 0.1) is 4.88 Å². The number of carbonyl (C=O) groups is 1. The summed E-state index contributed by atoms with van der Waals surface area (Å²) in [5.41, 5.74) is 2.51. The first kappa shape index (κ1) is 17.2. The topological polar surface area (TPSA) is 45.7 Å². The summed E-state index contributed by atoms with van der Waals surface area (Å²) in [6.45, 7) is 4.12. The fourth-order valence-corrected chi connectivity index (χ4v) is 4.22. The first-order valence-electron chi connectivity index (χ1n) is 8.89. The van der Waals surface area contributed by atoms with E-state index in [2.05, 4.69) is 59.3 Å². The van der Waals surface area contributed by atoms with E-state index in [-0.39, 0.29) is 18.0 Å². The van der Waals surface area contributed by atoms with Crippen molar-refractivity contribution in [1.82, 2.24) is 5.32 Å². The van der Waals surface area contributed by atoms with Crippen LogP contribution < -0.4 is 10.6 Å². The third-order valence-corrected chi connectivity index (χ3v) is 5.84. The highest BCUT2D eigenvalue weighted by molar-refractivity contribution is 7.10. The van der Waals surface area contributed by atoms with Crippen molar-refractivity contribution in [2.75, 3.05) is 0 Å². The van der Waals surface area contributed by atoms with Crippen molar-refractivity contribution < 1.29 is 10.1 Å². The molecule has 0 bridgehead atoms. The van der Waals surface area contributed by atoms with Gasteiger partial charge in [0.1, 0.15) is 6.04 Å². The number of rotatable bonds is 6. The number of nitrogens with one attached hydrogen (secondary N) is 1. The summed E-state index contributed by atoms with van der Waals surface area (Å²) in [5, 5.41) is 7.52. The Bertz CT molecular complexity index is 645. The smallest absolute Gasteiger partial charge is 0.278 e. The minimum Gasteiger partial charge on any atom is -0.348 e. The zero-order chi connectivity index (χ0) is 16.9. The predicted molar refractivity (Wildman–Crippen MR) is 99.1 cm³/mol. The van der Waals surface area contributed by atoms with Gasteiger partial charge in [0.25, 0.3) is 5.91 Å². The number of quaternary nitrogens is 1. The second kappa shape index (κ2) is 7.95. The number of thiophene rings is 1. The van der Waals surface area contributed by atoms with Crippen LogP contribution in [0.25, 0.3) is 0 Å². The van der Waals surface area contributed by atoms with Gasteiger partial charge in [0.2, 0.25) is 0 Å². The monoisotopic (exact) mass is 343 g/mol. The lowest BCUT2D eigenvalue weighted by Crippen LogP contribution is -2.92. The normalized spacial score (nSPS) is 17.6. The SMILES string of the molecule is Cc1ccc([C@@H]([NH2+][C@H](C)C(=O)NC2CCCC2)c2cccs2)cc1. The number of nitrogens with two attached hydrogens (primary N) is 1. The van der Waals surface area contributed by atoms with Gasteiger partial charge in [-0.1, -0.05) is 48.7 Å². The van der Waals surface area contributed by atoms with Crippen LogP contribution in [0.15, 0.2) is 41.8 Å². The van der Waals surface area contributed by atoms with E-state index in [1.54, 1.807) is 11.3 Å². The third kappa shape index (κ3) is 4.25. The minimum absolute atomic E-state index is 0.0981. The molecule has 1 aliphatic carbocycles. The van der Waals surface area contributed by atoms with Gasteiger partial charge < -0.3 is 10.6 Å². The number of hydrogen-bond donors (Lipinski definition) is 2. The van der Waals surface area contributed by atoms with Crippen LogP contribution in [0.2, 0.25) is 0 Å². The molecule has 24 heavy (non-hydrogen) atoms. The molecule has 3 rings (SSSR count). The standard InChI is InChI=1S/C20H26N2OS/c1-14-9-11-16(12-10-14)19(18-8-5-13-24-18)21-15(2)20(23)22-17-6-3-4-7-17/h5,8-13,15,17,19,21H,3-4,6-7H2,1-2H3,(H,22,23)/p+1/t15-,19-/m1/s1. The highest BCUT2D eigenvalue weighted by atomic mass is 32.1. The second-order valence-corrected chi connectivity index (χ2v) is 7.85. The van der Waals surface area contributed by atoms with Gasteiger partial charge in [-0.2, -0.15) is 0 Å². The number of benzene rings is 1. The molecule has 1 fully saturated rings. The quantitative estimate of drug-likeness (QED) is 0.831. The van der Waals surface area contributed by atoms with E-state index in [9.17, 15) is 4.79 Å². The number of aryl methyl sites for hydroxylation is 1. The Kier molecular flexibility index (Phi) is 5.69. The second-order valence-electron chi connectivity index (χ2n) is 6.87. The molecule has 1 saturated carbocycles. The van der Waals surface area contributed by atoms with Crippen LogP contribution in [0.3, 0.4) is 0 Å². The average Bonchev–Trinajstić information content (AvgIpc) is 3.27. The van der Waals surface area contributed by atoms with Gasteiger partial charge in [-0.3, -0.25) is 4.79 Å². The molecule has 3 nitrogen and oxygen atoms in total. The zero-order valence-electron chi connectivity index (χ0n) is 14.5. The Hall–Kier alpha value is -1.65. The third-order valence-electron chi connectivity index (χ3n) is 4.88. The Morgan fingerprint density at radius 2 is 1.92 bits per heavy atom. The number of amides is 1. The molecule has 128 valence electrons. The van der Waals surface area contributed by atoms with Gasteiger partial charge >= 0.3 is 0 Å². The highest BCUT2D eigenvalue weighted by Gasteiger charge is 2.27. The Balaban J connectivity index is 1.71. The van der Waals surface area contributed by atoms with Crippen LogP contribution in [0.4, 0.5) is 0 Å². The molecule has 0 saturated heterocycles. The van der Waals surface area contributed by atoms with Crippen LogP contribution >= 0.6 is 11.3 Å². The molecule has 0 spiro atoms. The van der Waals surface area contributed by atoms with Crippen molar-refractivity contribution in [3.63, 3.8) is 0 Å². The molecule has 1 amide bonds. The van der Waals surface area contributed by atoms with E-state index in [0.717, 1.165) is 12.8 Å². The summed E-state index contributed by atoms with van der Waals surface area (Å²) >= 11 is 1.75. The van der Waals surface area contributed by atoms with Gasteiger partial charge in [-0.05, 0) is 38.1 Å². The van der Waals surface area contributed by atoms with Gasteiger partial charge in [-0.25, -0.2) is 0 Å². The van der Waals surface area contributed by atoms with Crippen LogP contribution in [0, 0.1) is 6.92 Å². The largest absolute Gasteiger partial charge is 0.348 e. The Morgan fingerprint density at radius 3 is 2.54 bits per heavy atom. The maximum atomic E-state index is 12.6.